The Morgan fingerprint density at radius 3 is 2.57 bits per heavy atom. The molecule has 0 aliphatic rings. The number of benzene rings is 2. The van der Waals surface area contributed by atoms with E-state index in [0.717, 1.165) is 27.9 Å². The minimum atomic E-state index is -0.263. The van der Waals surface area contributed by atoms with E-state index in [1.54, 1.807) is 26.5 Å². The smallest absolute Gasteiger partial charge is 0.259 e. The topological polar surface area (TPSA) is 81.2 Å². The largest absolute Gasteiger partial charge is 0.497 e. The maximum absolute atomic E-state index is 11.9. The van der Waals surface area contributed by atoms with Gasteiger partial charge in [0.15, 0.2) is 11.5 Å². The molecule has 28 heavy (non-hydrogen) atoms. The number of carbonyl (C=O) groups excluding carboxylic acids is 1. The molecule has 0 aliphatic heterocycles. The molecule has 0 saturated heterocycles. The number of nitrogens with one attached hydrogen (secondary N) is 2. The van der Waals surface area contributed by atoms with Crippen molar-refractivity contribution in [2.24, 2.45) is 5.10 Å². The van der Waals surface area contributed by atoms with Crippen LogP contribution in [0.4, 0.5) is 5.69 Å². The number of hydrogen-bond acceptors (Lipinski definition) is 6. The molecule has 2 rings (SSSR count). The normalized spacial score (nSPS) is 10.6. The molecule has 7 nitrogen and oxygen atoms in total. The van der Waals surface area contributed by atoms with E-state index in [1.165, 1.54) is 0 Å². The second kappa shape index (κ2) is 11.2. The average molecular weight is 450 g/mol. The lowest BCUT2D eigenvalue weighted by Crippen LogP contribution is -2.25. The third-order valence-electron chi connectivity index (χ3n) is 3.65. The van der Waals surface area contributed by atoms with Gasteiger partial charge >= 0.3 is 0 Å². The van der Waals surface area contributed by atoms with Crippen molar-refractivity contribution in [3.05, 3.63) is 46.4 Å². The van der Waals surface area contributed by atoms with Crippen molar-refractivity contribution in [1.82, 2.24) is 5.43 Å². The second-order valence-electron chi connectivity index (χ2n) is 5.76. The maximum Gasteiger partial charge on any atom is 0.259 e. The Labute approximate surface area is 173 Å². The Balaban J connectivity index is 1.90. The molecule has 8 heteroatoms. The van der Waals surface area contributed by atoms with Crippen LogP contribution in [-0.2, 0) is 4.79 Å². The SMILES string of the molecule is CCCOc1c(Br)cc(/C=N/NC(=O)CNc2ccc(OC)cc2)cc1OC. The molecule has 2 aromatic carbocycles. The van der Waals surface area contributed by atoms with Crippen molar-refractivity contribution in [2.75, 3.05) is 32.7 Å². The number of amides is 1. The molecule has 150 valence electrons. The third-order valence-corrected chi connectivity index (χ3v) is 4.24. The summed E-state index contributed by atoms with van der Waals surface area (Å²) in [6.45, 7) is 2.73. The van der Waals surface area contributed by atoms with Crippen LogP contribution in [0.1, 0.15) is 18.9 Å². The Kier molecular flexibility index (Phi) is 8.61. The van der Waals surface area contributed by atoms with Gasteiger partial charge in [0.1, 0.15) is 5.75 Å². The zero-order valence-electron chi connectivity index (χ0n) is 16.1. The molecule has 0 aromatic heterocycles. The molecule has 0 fully saturated rings. The molecular weight excluding hydrogens is 426 g/mol. The summed E-state index contributed by atoms with van der Waals surface area (Å²) in [5.41, 5.74) is 4.06. The fourth-order valence-corrected chi connectivity index (χ4v) is 2.84. The van der Waals surface area contributed by atoms with Crippen LogP contribution in [0.25, 0.3) is 0 Å². The number of carbonyl (C=O) groups is 1. The molecule has 2 aromatic rings. The van der Waals surface area contributed by atoms with E-state index in [4.69, 9.17) is 14.2 Å². The van der Waals surface area contributed by atoms with E-state index in [-0.39, 0.29) is 12.5 Å². The summed E-state index contributed by atoms with van der Waals surface area (Å²) in [5, 5.41) is 7.00. The molecule has 0 spiro atoms. The van der Waals surface area contributed by atoms with Crippen molar-refractivity contribution < 1.29 is 19.0 Å². The lowest BCUT2D eigenvalue weighted by molar-refractivity contribution is -0.119. The number of methoxy groups -OCH3 is 2. The summed E-state index contributed by atoms with van der Waals surface area (Å²) in [7, 11) is 3.18. The molecule has 1 amide bonds. The highest BCUT2D eigenvalue weighted by Crippen LogP contribution is 2.36. The number of nitrogens with zero attached hydrogens (tertiary/aromatic N) is 1. The zero-order chi connectivity index (χ0) is 20.4. The minimum absolute atomic E-state index is 0.0977. The van der Waals surface area contributed by atoms with Crippen molar-refractivity contribution in [2.45, 2.75) is 13.3 Å². The van der Waals surface area contributed by atoms with Gasteiger partial charge in [0.2, 0.25) is 0 Å². The molecule has 0 bridgehead atoms. The van der Waals surface area contributed by atoms with E-state index in [9.17, 15) is 4.79 Å². The highest BCUT2D eigenvalue weighted by molar-refractivity contribution is 9.10. The van der Waals surface area contributed by atoms with Crippen LogP contribution < -0.4 is 25.0 Å². The molecule has 0 unspecified atom stereocenters. The van der Waals surface area contributed by atoms with Crippen LogP contribution in [0, 0.1) is 0 Å². The Morgan fingerprint density at radius 2 is 1.93 bits per heavy atom. The van der Waals surface area contributed by atoms with Gasteiger partial charge in [-0.05, 0) is 64.3 Å². The Bertz CT molecular complexity index is 810. The summed E-state index contributed by atoms with van der Waals surface area (Å²) in [6, 6.07) is 10.9. The van der Waals surface area contributed by atoms with Crippen LogP contribution >= 0.6 is 15.9 Å². The zero-order valence-corrected chi connectivity index (χ0v) is 17.7. The summed E-state index contributed by atoms with van der Waals surface area (Å²) in [6.07, 6.45) is 2.44. The standard InChI is InChI=1S/C20H24BrN3O4/c1-4-9-28-20-17(21)10-14(11-18(20)27-3)12-23-24-19(25)13-22-15-5-7-16(26-2)8-6-15/h5-8,10-12,22H,4,9,13H2,1-3H3,(H,24,25)/b23-12+. The van der Waals surface area contributed by atoms with E-state index in [1.807, 2.05) is 37.3 Å². The number of rotatable bonds is 10. The highest BCUT2D eigenvalue weighted by atomic mass is 79.9. The first-order valence-electron chi connectivity index (χ1n) is 8.77. The van der Waals surface area contributed by atoms with Crippen LogP contribution in [0.2, 0.25) is 0 Å². The first-order chi connectivity index (χ1) is 13.6. The van der Waals surface area contributed by atoms with Gasteiger partial charge in [-0.3, -0.25) is 4.79 Å². The van der Waals surface area contributed by atoms with Crippen molar-refractivity contribution >= 4 is 33.7 Å². The highest BCUT2D eigenvalue weighted by Gasteiger charge is 2.11. The summed E-state index contributed by atoms with van der Waals surface area (Å²) >= 11 is 3.48. The fourth-order valence-electron chi connectivity index (χ4n) is 2.27. The number of hydrazone groups is 1. The van der Waals surface area contributed by atoms with Crippen LogP contribution in [-0.4, -0.2) is 39.5 Å². The summed E-state index contributed by atoms with van der Waals surface area (Å²) < 4.78 is 16.9. The van der Waals surface area contributed by atoms with Gasteiger partial charge in [-0.2, -0.15) is 5.10 Å². The van der Waals surface area contributed by atoms with Gasteiger partial charge < -0.3 is 19.5 Å². The minimum Gasteiger partial charge on any atom is -0.497 e. The number of halogens is 1. The molecule has 0 radical (unpaired) electrons. The lowest BCUT2D eigenvalue weighted by Gasteiger charge is -2.12. The quantitative estimate of drug-likeness (QED) is 0.425. The van der Waals surface area contributed by atoms with Crippen LogP contribution in [0.3, 0.4) is 0 Å². The molecule has 0 heterocycles. The molecule has 0 saturated carbocycles. The van der Waals surface area contributed by atoms with Gasteiger partial charge in [0.25, 0.3) is 5.91 Å². The van der Waals surface area contributed by atoms with Crippen LogP contribution in [0.15, 0.2) is 46.0 Å². The predicted molar refractivity (Wildman–Crippen MR) is 114 cm³/mol. The van der Waals surface area contributed by atoms with Gasteiger partial charge in [-0.1, -0.05) is 6.92 Å². The van der Waals surface area contributed by atoms with E-state index in [2.05, 4.69) is 31.8 Å². The fraction of sp³-hybridized carbons (Fsp3) is 0.300. The summed E-state index contributed by atoms with van der Waals surface area (Å²) in [5.74, 6) is 1.74. The van der Waals surface area contributed by atoms with E-state index in [0.29, 0.717) is 18.1 Å². The van der Waals surface area contributed by atoms with Gasteiger partial charge in [-0.25, -0.2) is 5.43 Å². The van der Waals surface area contributed by atoms with Gasteiger partial charge in [0, 0.05) is 5.69 Å². The van der Waals surface area contributed by atoms with Crippen LogP contribution in [0.5, 0.6) is 17.2 Å². The van der Waals surface area contributed by atoms with E-state index >= 15 is 0 Å². The van der Waals surface area contributed by atoms with Crippen molar-refractivity contribution in [3.8, 4) is 17.2 Å². The van der Waals surface area contributed by atoms with Gasteiger partial charge in [0.05, 0.1) is 38.1 Å². The number of hydrogen-bond donors (Lipinski definition) is 2. The average Bonchev–Trinajstić information content (AvgIpc) is 2.71. The van der Waals surface area contributed by atoms with Crippen molar-refractivity contribution in [3.63, 3.8) is 0 Å². The predicted octanol–water partition coefficient (Wildman–Crippen LogP) is 3.82. The Morgan fingerprint density at radius 1 is 1.18 bits per heavy atom. The molecular formula is C20H24BrN3O4. The third kappa shape index (κ3) is 6.45. The number of ether oxygens (including phenoxy) is 3. The Hall–Kier alpha value is -2.74. The van der Waals surface area contributed by atoms with E-state index < -0.39 is 0 Å². The monoisotopic (exact) mass is 449 g/mol. The van der Waals surface area contributed by atoms with Gasteiger partial charge in [-0.15, -0.1) is 0 Å². The summed E-state index contributed by atoms with van der Waals surface area (Å²) in [4.78, 5) is 11.9. The molecule has 0 aliphatic carbocycles. The number of anilines is 1. The second-order valence-corrected chi connectivity index (χ2v) is 6.61. The first-order valence-corrected chi connectivity index (χ1v) is 9.56. The lowest BCUT2D eigenvalue weighted by atomic mass is 10.2. The molecule has 0 atom stereocenters. The maximum atomic E-state index is 11.9. The first kappa shape index (κ1) is 21.6. The molecule has 2 N–H and O–H groups in total. The van der Waals surface area contributed by atoms with Crippen molar-refractivity contribution in [1.29, 1.82) is 0 Å².